The van der Waals surface area contributed by atoms with Crippen LogP contribution in [0.4, 0.5) is 10.5 Å². The predicted octanol–water partition coefficient (Wildman–Crippen LogP) is 2.04. The second kappa shape index (κ2) is 6.94. The summed E-state index contributed by atoms with van der Waals surface area (Å²) in [6.07, 6.45) is 0.896. The number of fused-ring (bicyclic) bond motifs is 3. The number of amides is 2. The van der Waals surface area contributed by atoms with Crippen molar-refractivity contribution < 1.29 is 19.1 Å². The summed E-state index contributed by atoms with van der Waals surface area (Å²) in [5.74, 6) is 0.558. The van der Waals surface area contributed by atoms with Crippen molar-refractivity contribution in [2.24, 2.45) is 0 Å². The zero-order valence-corrected chi connectivity index (χ0v) is 15.4. The van der Waals surface area contributed by atoms with E-state index < -0.39 is 6.09 Å². The minimum atomic E-state index is -0.423. The molecule has 4 rings (SSSR count). The van der Waals surface area contributed by atoms with Crippen molar-refractivity contribution in [1.29, 1.82) is 0 Å². The van der Waals surface area contributed by atoms with Crippen LogP contribution in [0.5, 0.6) is 5.75 Å². The van der Waals surface area contributed by atoms with Gasteiger partial charge in [-0.2, -0.15) is 5.10 Å². The average molecular weight is 370 g/mol. The monoisotopic (exact) mass is 370 g/mol. The van der Waals surface area contributed by atoms with Crippen molar-refractivity contribution in [1.82, 2.24) is 15.5 Å². The number of rotatable bonds is 4. The van der Waals surface area contributed by atoms with Crippen LogP contribution in [0.3, 0.4) is 0 Å². The van der Waals surface area contributed by atoms with Crippen molar-refractivity contribution in [3.8, 4) is 17.0 Å². The largest absolute Gasteiger partial charge is 0.492 e. The number of carbonyl (C=O) groups is 2. The molecule has 8 nitrogen and oxygen atoms in total. The van der Waals surface area contributed by atoms with Crippen molar-refractivity contribution in [2.75, 3.05) is 24.6 Å². The maximum absolute atomic E-state index is 12.2. The van der Waals surface area contributed by atoms with Gasteiger partial charge < -0.3 is 14.8 Å². The number of carbonyl (C=O) groups excluding carboxylic acids is 2. The summed E-state index contributed by atoms with van der Waals surface area (Å²) in [4.78, 5) is 24.9. The molecule has 2 aromatic rings. The van der Waals surface area contributed by atoms with Crippen LogP contribution in [0.25, 0.3) is 11.3 Å². The van der Waals surface area contributed by atoms with E-state index in [-0.39, 0.29) is 12.0 Å². The summed E-state index contributed by atoms with van der Waals surface area (Å²) < 4.78 is 11.3. The lowest BCUT2D eigenvalue weighted by Gasteiger charge is -2.16. The Balaban J connectivity index is 1.59. The van der Waals surface area contributed by atoms with E-state index in [0.29, 0.717) is 31.1 Å². The van der Waals surface area contributed by atoms with E-state index >= 15 is 0 Å². The van der Waals surface area contributed by atoms with Gasteiger partial charge in [0, 0.05) is 36.2 Å². The molecule has 1 saturated heterocycles. The van der Waals surface area contributed by atoms with Crippen LogP contribution < -0.4 is 15.0 Å². The molecule has 1 fully saturated rings. The van der Waals surface area contributed by atoms with E-state index in [0.717, 1.165) is 29.8 Å². The molecule has 1 aromatic carbocycles. The van der Waals surface area contributed by atoms with Gasteiger partial charge in [-0.3, -0.25) is 14.8 Å². The minimum Gasteiger partial charge on any atom is -0.492 e. The molecule has 1 atom stereocenters. The number of cyclic esters (lactones) is 1. The number of H-pyrrole nitrogens is 1. The second-order valence-corrected chi connectivity index (χ2v) is 6.72. The lowest BCUT2D eigenvalue weighted by molar-refractivity contribution is -0.119. The van der Waals surface area contributed by atoms with Crippen molar-refractivity contribution in [3.63, 3.8) is 0 Å². The fraction of sp³-hybridized carbons (Fsp3) is 0.421. The molecule has 2 amide bonds. The first kappa shape index (κ1) is 17.4. The summed E-state index contributed by atoms with van der Waals surface area (Å²) in [5, 5.41) is 10.3. The molecule has 0 saturated carbocycles. The third-order valence-electron chi connectivity index (χ3n) is 4.90. The smallest absolute Gasteiger partial charge is 0.414 e. The fourth-order valence-electron chi connectivity index (χ4n) is 3.54. The van der Waals surface area contributed by atoms with Gasteiger partial charge in [0.05, 0.1) is 31.1 Å². The number of aromatic amines is 1. The maximum atomic E-state index is 12.2. The molecule has 2 aliphatic heterocycles. The molecule has 3 heterocycles. The Kier molecular flexibility index (Phi) is 4.47. The topological polar surface area (TPSA) is 96.6 Å². The molecule has 0 bridgehead atoms. The fourth-order valence-corrected chi connectivity index (χ4v) is 3.54. The number of hydrogen-bond donors (Lipinski definition) is 2. The van der Waals surface area contributed by atoms with Gasteiger partial charge >= 0.3 is 6.09 Å². The van der Waals surface area contributed by atoms with Gasteiger partial charge in [0.15, 0.2) is 0 Å². The number of anilines is 1. The number of nitrogens with zero attached hydrogens (tertiary/aromatic N) is 2. The number of ether oxygens (including phenoxy) is 2. The molecule has 1 aromatic heterocycles. The van der Waals surface area contributed by atoms with Gasteiger partial charge in [0.2, 0.25) is 5.91 Å². The van der Waals surface area contributed by atoms with E-state index in [1.54, 1.807) is 4.90 Å². The van der Waals surface area contributed by atoms with Crippen LogP contribution in [0.15, 0.2) is 18.2 Å². The summed E-state index contributed by atoms with van der Waals surface area (Å²) >= 11 is 0. The van der Waals surface area contributed by atoms with Crippen LogP contribution in [0, 0.1) is 0 Å². The first-order valence-electron chi connectivity index (χ1n) is 9.12. The van der Waals surface area contributed by atoms with Gasteiger partial charge in [0.1, 0.15) is 11.9 Å². The molecule has 142 valence electrons. The minimum absolute atomic E-state index is 0.149. The van der Waals surface area contributed by atoms with E-state index in [4.69, 9.17) is 9.47 Å². The first-order valence-corrected chi connectivity index (χ1v) is 9.12. The van der Waals surface area contributed by atoms with Crippen molar-refractivity contribution >= 4 is 17.7 Å². The Morgan fingerprint density at radius 3 is 3.07 bits per heavy atom. The molecule has 0 radical (unpaired) electrons. The highest BCUT2D eigenvalue weighted by molar-refractivity contribution is 5.91. The molecule has 2 N–H and O–H groups in total. The van der Waals surface area contributed by atoms with E-state index in [1.165, 1.54) is 12.5 Å². The van der Waals surface area contributed by atoms with Gasteiger partial charge in [-0.15, -0.1) is 0 Å². The first-order chi connectivity index (χ1) is 13.1. The third kappa shape index (κ3) is 3.22. The van der Waals surface area contributed by atoms with Crippen LogP contribution >= 0.6 is 0 Å². The number of aryl methyl sites for hydroxylation is 1. The van der Waals surface area contributed by atoms with Crippen molar-refractivity contribution in [3.05, 3.63) is 29.5 Å². The number of benzene rings is 1. The Labute approximate surface area is 156 Å². The van der Waals surface area contributed by atoms with Gasteiger partial charge in [-0.25, -0.2) is 4.79 Å². The zero-order chi connectivity index (χ0) is 19.0. The molecule has 27 heavy (non-hydrogen) atoms. The molecular formula is C19H22N4O4. The third-order valence-corrected chi connectivity index (χ3v) is 4.90. The van der Waals surface area contributed by atoms with Crippen LogP contribution in [-0.2, 0) is 22.4 Å². The maximum Gasteiger partial charge on any atom is 0.414 e. The van der Waals surface area contributed by atoms with Crippen LogP contribution in [-0.4, -0.2) is 48.0 Å². The Bertz CT molecular complexity index is 892. The Morgan fingerprint density at radius 2 is 2.30 bits per heavy atom. The van der Waals surface area contributed by atoms with Crippen LogP contribution in [0.2, 0.25) is 0 Å². The Hall–Kier alpha value is -3.03. The summed E-state index contributed by atoms with van der Waals surface area (Å²) in [7, 11) is 0. The summed E-state index contributed by atoms with van der Waals surface area (Å²) in [6, 6.07) is 5.66. The lowest BCUT2D eigenvalue weighted by Crippen LogP contribution is -2.33. The van der Waals surface area contributed by atoms with Crippen LogP contribution in [0.1, 0.15) is 25.1 Å². The highest BCUT2D eigenvalue weighted by Crippen LogP contribution is 2.38. The number of nitrogens with one attached hydrogen (secondary N) is 2. The van der Waals surface area contributed by atoms with E-state index in [1.807, 2.05) is 18.2 Å². The average Bonchev–Trinajstić information content (AvgIpc) is 3.18. The number of hydrogen-bond acceptors (Lipinski definition) is 5. The summed E-state index contributed by atoms with van der Waals surface area (Å²) in [6.45, 7) is 4.78. The van der Waals surface area contributed by atoms with Gasteiger partial charge in [0.25, 0.3) is 0 Å². The zero-order valence-electron chi connectivity index (χ0n) is 15.4. The SMILES string of the molecule is CCc1[nH]nc2c1CCOc1cc(N3CC(CNC(C)=O)OC3=O)ccc1-2. The standard InChI is InChI=1S/C19H22N4O4/c1-3-16-14-6-7-26-17-8-12(4-5-15(17)18(14)22-21-16)23-10-13(27-19(23)25)9-20-11(2)24/h4-5,8,13H,3,6-7,9-10H2,1-2H3,(H,20,24)(H,21,22). The normalized spacial score (nSPS) is 18.2. The molecule has 2 aliphatic rings. The molecule has 8 heteroatoms. The lowest BCUT2D eigenvalue weighted by atomic mass is 10.0. The van der Waals surface area contributed by atoms with Gasteiger partial charge in [-0.1, -0.05) is 6.92 Å². The highest BCUT2D eigenvalue weighted by atomic mass is 16.6. The molecule has 0 aliphatic carbocycles. The molecule has 0 spiro atoms. The van der Waals surface area contributed by atoms with Gasteiger partial charge in [-0.05, 0) is 18.6 Å². The number of aromatic nitrogens is 2. The molecule has 1 unspecified atom stereocenters. The Morgan fingerprint density at radius 1 is 1.44 bits per heavy atom. The predicted molar refractivity (Wildman–Crippen MR) is 98.9 cm³/mol. The molecular weight excluding hydrogens is 348 g/mol. The highest BCUT2D eigenvalue weighted by Gasteiger charge is 2.33. The quantitative estimate of drug-likeness (QED) is 0.858. The second-order valence-electron chi connectivity index (χ2n) is 6.72. The van der Waals surface area contributed by atoms with Crippen molar-refractivity contribution in [2.45, 2.75) is 32.8 Å². The van der Waals surface area contributed by atoms with E-state index in [2.05, 4.69) is 22.4 Å². The summed E-state index contributed by atoms with van der Waals surface area (Å²) in [5.41, 5.74) is 4.87. The van der Waals surface area contributed by atoms with E-state index in [9.17, 15) is 9.59 Å².